The number of hydrogen-bond acceptors (Lipinski definition) is 4. The van der Waals surface area contributed by atoms with Crippen molar-refractivity contribution in [3.8, 4) is 11.5 Å². The molecular formula is C16H25FN2O2. The Morgan fingerprint density at radius 3 is 2.57 bits per heavy atom. The molecule has 1 aliphatic heterocycles. The van der Waals surface area contributed by atoms with Gasteiger partial charge in [-0.05, 0) is 50.6 Å². The van der Waals surface area contributed by atoms with Gasteiger partial charge in [-0.15, -0.1) is 0 Å². The van der Waals surface area contributed by atoms with Gasteiger partial charge in [-0.1, -0.05) is 0 Å². The standard InChI is InChI=1S/C16H25FN2O2/c1-10(17)13-6-12(7-15(20-3)16(13)21-4)14-5-11(8-18)9-19(14)2/h6-7,10-11,14H,5,8-9,18H2,1-4H3. The maximum Gasteiger partial charge on any atom is 0.166 e. The van der Waals surface area contributed by atoms with Crippen molar-refractivity contribution in [2.24, 2.45) is 11.7 Å². The highest BCUT2D eigenvalue weighted by Gasteiger charge is 2.31. The first-order valence-electron chi connectivity index (χ1n) is 7.32. The third-order valence-electron chi connectivity index (χ3n) is 4.31. The van der Waals surface area contributed by atoms with Gasteiger partial charge in [-0.3, -0.25) is 4.90 Å². The molecule has 4 nitrogen and oxygen atoms in total. The minimum absolute atomic E-state index is 0.246. The summed E-state index contributed by atoms with van der Waals surface area (Å²) in [5, 5.41) is 0. The Balaban J connectivity index is 2.43. The van der Waals surface area contributed by atoms with Crippen LogP contribution in [-0.2, 0) is 0 Å². The van der Waals surface area contributed by atoms with Crippen LogP contribution in [0.1, 0.15) is 36.7 Å². The molecule has 0 aromatic heterocycles. The van der Waals surface area contributed by atoms with Crippen LogP contribution in [0.2, 0.25) is 0 Å². The molecule has 0 bridgehead atoms. The minimum Gasteiger partial charge on any atom is -0.493 e. The Kier molecular flexibility index (Phi) is 5.06. The third kappa shape index (κ3) is 3.14. The summed E-state index contributed by atoms with van der Waals surface area (Å²) in [7, 11) is 5.19. The Labute approximate surface area is 126 Å². The number of likely N-dealkylation sites (tertiary alicyclic amines) is 1. The summed E-state index contributed by atoms with van der Waals surface area (Å²) >= 11 is 0. The first-order valence-corrected chi connectivity index (χ1v) is 7.32. The van der Waals surface area contributed by atoms with Crippen molar-refractivity contribution in [3.63, 3.8) is 0 Å². The first kappa shape index (κ1) is 16.0. The molecule has 1 saturated heterocycles. The van der Waals surface area contributed by atoms with Crippen LogP contribution in [0.15, 0.2) is 12.1 Å². The molecule has 1 aliphatic rings. The number of ether oxygens (including phenoxy) is 2. The Bertz CT molecular complexity index is 493. The van der Waals surface area contributed by atoms with Crippen LogP contribution in [0, 0.1) is 5.92 Å². The molecule has 2 N–H and O–H groups in total. The van der Waals surface area contributed by atoms with Crippen LogP contribution in [0.25, 0.3) is 0 Å². The van der Waals surface area contributed by atoms with E-state index >= 15 is 0 Å². The van der Waals surface area contributed by atoms with Crippen molar-refractivity contribution >= 4 is 0 Å². The highest BCUT2D eigenvalue weighted by Crippen LogP contribution is 2.42. The zero-order chi connectivity index (χ0) is 15.6. The van der Waals surface area contributed by atoms with Crippen LogP contribution in [0.5, 0.6) is 11.5 Å². The number of methoxy groups -OCH3 is 2. The van der Waals surface area contributed by atoms with Crippen molar-refractivity contribution in [3.05, 3.63) is 23.3 Å². The largest absolute Gasteiger partial charge is 0.493 e. The third-order valence-corrected chi connectivity index (χ3v) is 4.31. The second kappa shape index (κ2) is 6.62. The second-order valence-electron chi connectivity index (χ2n) is 5.75. The second-order valence-corrected chi connectivity index (χ2v) is 5.75. The fourth-order valence-corrected chi connectivity index (χ4v) is 3.17. The normalized spacial score (nSPS) is 24.1. The van der Waals surface area contributed by atoms with Gasteiger partial charge in [-0.2, -0.15) is 0 Å². The van der Waals surface area contributed by atoms with Crippen LogP contribution in [0.4, 0.5) is 4.39 Å². The lowest BCUT2D eigenvalue weighted by atomic mass is 9.96. The number of benzene rings is 1. The molecule has 21 heavy (non-hydrogen) atoms. The molecule has 1 aromatic carbocycles. The van der Waals surface area contributed by atoms with E-state index in [2.05, 4.69) is 11.9 Å². The molecule has 1 aromatic rings. The van der Waals surface area contributed by atoms with E-state index in [0.717, 1.165) is 18.5 Å². The summed E-state index contributed by atoms with van der Waals surface area (Å²) in [5.74, 6) is 1.55. The first-order chi connectivity index (χ1) is 10.0. The highest BCUT2D eigenvalue weighted by atomic mass is 19.1. The van der Waals surface area contributed by atoms with Crippen molar-refractivity contribution in [1.29, 1.82) is 0 Å². The van der Waals surface area contributed by atoms with Crippen molar-refractivity contribution in [1.82, 2.24) is 4.90 Å². The summed E-state index contributed by atoms with van der Waals surface area (Å²) < 4.78 is 24.6. The monoisotopic (exact) mass is 296 g/mol. The van der Waals surface area contributed by atoms with Crippen molar-refractivity contribution in [2.45, 2.75) is 25.6 Å². The molecular weight excluding hydrogens is 271 g/mol. The van der Waals surface area contributed by atoms with Gasteiger partial charge in [0.15, 0.2) is 11.5 Å². The fraction of sp³-hybridized carbons (Fsp3) is 0.625. The molecule has 118 valence electrons. The number of nitrogens with two attached hydrogens (primary N) is 1. The summed E-state index contributed by atoms with van der Waals surface area (Å²) in [4.78, 5) is 2.27. The lowest BCUT2D eigenvalue weighted by Gasteiger charge is -2.23. The molecule has 0 radical (unpaired) electrons. The average Bonchev–Trinajstić information content (AvgIpc) is 2.86. The maximum absolute atomic E-state index is 13.9. The van der Waals surface area contributed by atoms with E-state index in [1.165, 1.54) is 14.0 Å². The van der Waals surface area contributed by atoms with Crippen LogP contribution >= 0.6 is 0 Å². The highest BCUT2D eigenvalue weighted by molar-refractivity contribution is 5.51. The minimum atomic E-state index is -1.11. The SMILES string of the molecule is COc1cc(C2CC(CN)CN2C)cc(C(C)F)c1OC. The molecule has 0 aliphatic carbocycles. The van der Waals surface area contributed by atoms with Gasteiger partial charge >= 0.3 is 0 Å². The molecule has 3 unspecified atom stereocenters. The van der Waals surface area contributed by atoms with E-state index in [9.17, 15) is 4.39 Å². The Morgan fingerprint density at radius 2 is 2.10 bits per heavy atom. The number of hydrogen-bond donors (Lipinski definition) is 1. The van der Waals surface area contributed by atoms with Crippen LogP contribution in [-0.4, -0.2) is 39.3 Å². The van der Waals surface area contributed by atoms with Crippen molar-refractivity contribution in [2.75, 3.05) is 34.4 Å². The van der Waals surface area contributed by atoms with Gasteiger partial charge in [0.25, 0.3) is 0 Å². The molecule has 1 fully saturated rings. The van der Waals surface area contributed by atoms with Gasteiger partial charge in [-0.25, -0.2) is 4.39 Å². The van der Waals surface area contributed by atoms with Gasteiger partial charge in [0.2, 0.25) is 0 Å². The zero-order valence-electron chi connectivity index (χ0n) is 13.2. The summed E-state index contributed by atoms with van der Waals surface area (Å²) in [6, 6.07) is 4.09. The number of nitrogens with zero attached hydrogens (tertiary/aromatic N) is 1. The zero-order valence-corrected chi connectivity index (χ0v) is 13.2. The van der Waals surface area contributed by atoms with Crippen LogP contribution < -0.4 is 15.2 Å². The average molecular weight is 296 g/mol. The number of alkyl halides is 1. The van der Waals surface area contributed by atoms with E-state index in [4.69, 9.17) is 15.2 Å². The van der Waals surface area contributed by atoms with Gasteiger partial charge in [0, 0.05) is 18.2 Å². The topological polar surface area (TPSA) is 47.7 Å². The number of rotatable bonds is 5. The Hall–Kier alpha value is -1.33. The molecule has 0 amide bonds. The maximum atomic E-state index is 13.9. The predicted octanol–water partition coefficient (Wildman–Crippen LogP) is 2.69. The van der Waals surface area contributed by atoms with E-state index < -0.39 is 6.17 Å². The fourth-order valence-electron chi connectivity index (χ4n) is 3.17. The smallest absolute Gasteiger partial charge is 0.166 e. The quantitative estimate of drug-likeness (QED) is 0.907. The molecule has 0 spiro atoms. The summed E-state index contributed by atoms with van der Waals surface area (Å²) in [5.41, 5.74) is 7.38. The summed E-state index contributed by atoms with van der Waals surface area (Å²) in [6.07, 6.45) is -0.117. The lowest BCUT2D eigenvalue weighted by Crippen LogP contribution is -2.20. The lowest BCUT2D eigenvalue weighted by molar-refractivity contribution is 0.304. The van der Waals surface area contributed by atoms with Crippen molar-refractivity contribution < 1.29 is 13.9 Å². The molecule has 5 heteroatoms. The number of halogens is 1. The molecule has 2 rings (SSSR count). The van der Waals surface area contributed by atoms with E-state index in [0.29, 0.717) is 29.5 Å². The van der Waals surface area contributed by atoms with Crippen LogP contribution in [0.3, 0.4) is 0 Å². The molecule has 1 heterocycles. The molecule has 3 atom stereocenters. The van der Waals surface area contributed by atoms with E-state index in [1.54, 1.807) is 7.11 Å². The Morgan fingerprint density at radius 1 is 1.38 bits per heavy atom. The van der Waals surface area contributed by atoms with E-state index in [-0.39, 0.29) is 6.04 Å². The van der Waals surface area contributed by atoms with Gasteiger partial charge in [0.05, 0.1) is 14.2 Å². The molecule has 0 saturated carbocycles. The van der Waals surface area contributed by atoms with Gasteiger partial charge < -0.3 is 15.2 Å². The summed E-state index contributed by atoms with van der Waals surface area (Å²) in [6.45, 7) is 3.17. The van der Waals surface area contributed by atoms with Gasteiger partial charge in [0.1, 0.15) is 6.17 Å². The predicted molar refractivity (Wildman–Crippen MR) is 81.6 cm³/mol. The van der Waals surface area contributed by atoms with E-state index in [1.807, 2.05) is 12.1 Å².